The van der Waals surface area contributed by atoms with Crippen LogP contribution >= 0.6 is 23.5 Å². The van der Waals surface area contributed by atoms with Crippen molar-refractivity contribution in [2.45, 2.75) is 44.3 Å². The van der Waals surface area contributed by atoms with Crippen molar-refractivity contribution in [1.82, 2.24) is 24.9 Å². The number of ether oxygens (including phenoxy) is 2. The van der Waals surface area contributed by atoms with Crippen LogP contribution in [0.25, 0.3) is 11.0 Å². The molecule has 0 radical (unpaired) electrons. The van der Waals surface area contributed by atoms with E-state index in [0.29, 0.717) is 17.5 Å². The number of carbonyl (C=O) groups excluding carboxylic acids is 1. The number of aliphatic hydroxyl groups excluding tert-OH is 2. The fourth-order valence-electron chi connectivity index (χ4n) is 3.14. The third-order valence-electron chi connectivity index (χ3n) is 4.82. The van der Waals surface area contributed by atoms with Gasteiger partial charge in [-0.05, 0) is 6.42 Å². The summed E-state index contributed by atoms with van der Waals surface area (Å²) in [5.41, 5.74) is -2.90. The Balaban J connectivity index is 1.77. The number of nitrogens with zero attached hydrogens (tertiary/aromatic N) is 5. The molecule has 2 aromatic heterocycles. The average Bonchev–Trinajstić information content (AvgIpc) is 3.27. The van der Waals surface area contributed by atoms with Crippen LogP contribution in [0.15, 0.2) is 4.79 Å². The molecule has 3 rings (SSSR count). The quantitative estimate of drug-likeness (QED) is 0.0588. The normalized spacial score (nSPS) is 24.9. The Hall–Kier alpha value is -2.16. The molecule has 22 nitrogen and oxygen atoms in total. The van der Waals surface area contributed by atoms with Crippen molar-refractivity contribution in [3.63, 3.8) is 0 Å². The minimum absolute atomic E-state index is 0.0177. The van der Waals surface area contributed by atoms with E-state index in [1.54, 1.807) is 0 Å². The van der Waals surface area contributed by atoms with Gasteiger partial charge in [0, 0.05) is 0 Å². The molecule has 7 N–H and O–H groups in total. The molecule has 1 fully saturated rings. The lowest BCUT2D eigenvalue weighted by atomic mass is 10.1. The van der Waals surface area contributed by atoms with Gasteiger partial charge in [0.15, 0.2) is 17.3 Å². The number of rotatable bonds is 12. The molecular weight excluding hydrogens is 603 g/mol. The molecule has 3 heterocycles. The number of aromatic nitrogens is 5. The van der Waals surface area contributed by atoms with E-state index >= 15 is 0 Å². The molecule has 0 spiro atoms. The van der Waals surface area contributed by atoms with E-state index in [1.807, 2.05) is 6.92 Å². The van der Waals surface area contributed by atoms with Crippen LogP contribution in [0.4, 0.5) is 0 Å². The Labute approximate surface area is 215 Å². The lowest BCUT2D eigenvalue weighted by Gasteiger charge is -2.19. The van der Waals surface area contributed by atoms with Gasteiger partial charge in [-0.15, -0.1) is 10.2 Å². The molecule has 6 atom stereocenters. The van der Waals surface area contributed by atoms with Crippen molar-refractivity contribution >= 4 is 40.5 Å². The van der Waals surface area contributed by atoms with Crippen LogP contribution < -0.4 is 5.56 Å². The molecule has 0 saturated carbocycles. The molecule has 2 aromatic rings. The van der Waals surface area contributed by atoms with E-state index in [-0.39, 0.29) is 11.5 Å². The second-order valence-corrected chi connectivity index (χ2v) is 12.1. The Morgan fingerprint density at radius 2 is 1.74 bits per heavy atom. The summed E-state index contributed by atoms with van der Waals surface area (Å²) in [7, 11) is -17.0. The lowest BCUT2D eigenvalue weighted by Crippen LogP contribution is -2.37. The maximum atomic E-state index is 12.9. The van der Waals surface area contributed by atoms with Gasteiger partial charge in [0.25, 0.3) is 0 Å². The molecule has 25 heteroatoms. The minimum atomic E-state index is -5.81. The number of fused-ring (bicyclic) bond motifs is 1. The first-order valence-corrected chi connectivity index (χ1v) is 15.0. The molecule has 0 aliphatic carbocycles. The summed E-state index contributed by atoms with van der Waals surface area (Å²) < 4.78 is 55.9. The smallest absolute Gasteiger partial charge is 0.461 e. The van der Waals surface area contributed by atoms with Crippen LogP contribution in [0.2, 0.25) is 0 Å². The number of hydrogen-bond acceptors (Lipinski definition) is 16. The fourth-order valence-corrected chi connectivity index (χ4v) is 6.17. The SMILES string of the molecule is CCCCOC(=O)c1nn(O)c2c(=O)n(C3OC(COP(=O)(O)OP(=O)(O)OP(=O)(O)O)C(O)C3O)nnc12. The third kappa shape index (κ3) is 7.53. The molecule has 1 aliphatic heterocycles. The number of aliphatic hydroxyl groups is 2. The van der Waals surface area contributed by atoms with Gasteiger partial charge < -0.3 is 44.5 Å². The van der Waals surface area contributed by atoms with Crippen molar-refractivity contribution in [1.29, 1.82) is 0 Å². The molecule has 220 valence electrons. The van der Waals surface area contributed by atoms with Gasteiger partial charge in [0.05, 0.1) is 13.2 Å². The maximum Gasteiger partial charge on any atom is 0.490 e. The largest absolute Gasteiger partial charge is 0.490 e. The first-order chi connectivity index (χ1) is 18.0. The van der Waals surface area contributed by atoms with E-state index in [2.05, 4.69) is 28.6 Å². The topological polar surface area (TPSA) is 322 Å². The fraction of sp³-hybridized carbons (Fsp3) is 0.643. The number of hydrogen-bond donors (Lipinski definition) is 7. The number of unbranched alkanes of at least 4 members (excludes halogenated alkanes) is 1. The summed E-state index contributed by atoms with van der Waals surface area (Å²) in [6.45, 7) is 0.719. The summed E-state index contributed by atoms with van der Waals surface area (Å²) in [5, 5.41) is 41.2. The standard InChI is InChI=1S/C14H22N5O17P3/c1-2-3-4-32-14(23)8-7-9(19(24)16-8)12(22)18(17-15-7)13-11(21)10(20)6(34-13)5-33-38(28,29)36-39(30,31)35-37(25,26)27/h6,10-11,13,20-21,24H,2-5H2,1H3,(H,28,29)(H,30,31)(H2,25,26,27). The first-order valence-electron chi connectivity index (χ1n) is 10.5. The van der Waals surface area contributed by atoms with Crippen molar-refractivity contribution in [3.05, 3.63) is 16.0 Å². The van der Waals surface area contributed by atoms with Crippen LogP contribution in [0.1, 0.15) is 36.5 Å². The molecule has 0 aromatic carbocycles. The van der Waals surface area contributed by atoms with Crippen molar-refractivity contribution in [2.75, 3.05) is 13.2 Å². The highest BCUT2D eigenvalue weighted by atomic mass is 31.3. The van der Waals surface area contributed by atoms with Gasteiger partial charge in [-0.1, -0.05) is 23.4 Å². The van der Waals surface area contributed by atoms with E-state index in [1.165, 1.54) is 0 Å². The predicted octanol–water partition coefficient (Wildman–Crippen LogP) is -1.86. The summed E-state index contributed by atoms with van der Waals surface area (Å²) in [5.74, 6) is -1.01. The number of phosphoric acid groups is 3. The van der Waals surface area contributed by atoms with Crippen LogP contribution in [0, 0.1) is 0 Å². The molecule has 39 heavy (non-hydrogen) atoms. The third-order valence-corrected chi connectivity index (χ3v) is 8.62. The summed E-state index contributed by atoms with van der Waals surface area (Å²) in [6.07, 6.45) is -6.27. The number of carbonyl (C=O) groups is 1. The zero-order valence-corrected chi connectivity index (χ0v) is 22.1. The average molecular weight is 625 g/mol. The van der Waals surface area contributed by atoms with Crippen molar-refractivity contribution < 1.29 is 76.1 Å². The predicted molar refractivity (Wildman–Crippen MR) is 118 cm³/mol. The highest BCUT2D eigenvalue weighted by Crippen LogP contribution is 2.66. The van der Waals surface area contributed by atoms with E-state index in [4.69, 9.17) is 24.2 Å². The van der Waals surface area contributed by atoms with Crippen LogP contribution in [-0.2, 0) is 36.3 Å². The second kappa shape index (κ2) is 11.8. The van der Waals surface area contributed by atoms with Crippen molar-refractivity contribution in [3.8, 4) is 0 Å². The van der Waals surface area contributed by atoms with Crippen molar-refractivity contribution in [2.24, 2.45) is 0 Å². The van der Waals surface area contributed by atoms with E-state index in [9.17, 15) is 43.6 Å². The first kappa shape index (κ1) is 31.4. The zero-order valence-electron chi connectivity index (χ0n) is 19.4. The van der Waals surface area contributed by atoms with Gasteiger partial charge in [-0.25, -0.2) is 18.5 Å². The lowest BCUT2D eigenvalue weighted by molar-refractivity contribution is -0.0612. The van der Waals surface area contributed by atoms with E-state index < -0.39 is 82.9 Å². The van der Waals surface area contributed by atoms with Gasteiger partial charge in [-0.3, -0.25) is 9.32 Å². The zero-order chi connectivity index (χ0) is 29.3. The maximum absolute atomic E-state index is 12.9. The Bertz CT molecular complexity index is 1420. The van der Waals surface area contributed by atoms with Gasteiger partial charge >= 0.3 is 35.0 Å². The van der Waals surface area contributed by atoms with Crippen LogP contribution in [0.3, 0.4) is 0 Å². The highest BCUT2D eigenvalue weighted by molar-refractivity contribution is 7.66. The van der Waals surface area contributed by atoms with Gasteiger partial charge in [-0.2, -0.15) is 13.3 Å². The number of esters is 1. The molecular formula is C14H22N5O17P3. The Kier molecular flexibility index (Phi) is 9.45. The number of phosphoric ester groups is 1. The minimum Gasteiger partial charge on any atom is -0.461 e. The van der Waals surface area contributed by atoms with E-state index in [0.717, 1.165) is 0 Å². The Morgan fingerprint density at radius 3 is 2.36 bits per heavy atom. The molecule has 1 aliphatic rings. The summed E-state index contributed by atoms with van der Waals surface area (Å²) in [6, 6.07) is 0. The molecule has 0 amide bonds. The molecule has 1 saturated heterocycles. The van der Waals surface area contributed by atoms with Crippen LogP contribution in [-0.4, -0.2) is 97.4 Å². The summed E-state index contributed by atoms with van der Waals surface area (Å²) >= 11 is 0. The Morgan fingerprint density at radius 1 is 1.08 bits per heavy atom. The van der Waals surface area contributed by atoms with Gasteiger partial charge in [0.2, 0.25) is 5.69 Å². The summed E-state index contributed by atoms with van der Waals surface area (Å²) in [4.78, 5) is 60.9. The second-order valence-electron chi connectivity index (χ2n) is 7.70. The van der Waals surface area contributed by atoms with Crippen LogP contribution in [0.5, 0.6) is 0 Å². The monoisotopic (exact) mass is 625 g/mol. The molecule has 0 bridgehead atoms. The highest BCUT2D eigenvalue weighted by Gasteiger charge is 2.47. The van der Waals surface area contributed by atoms with Gasteiger partial charge in [0.1, 0.15) is 18.3 Å². The molecule has 6 unspecified atom stereocenters.